The van der Waals surface area contributed by atoms with E-state index in [1.807, 2.05) is 36.4 Å². The van der Waals surface area contributed by atoms with Gasteiger partial charge < -0.3 is 14.2 Å². The van der Waals surface area contributed by atoms with Crippen LogP contribution in [0.2, 0.25) is 5.02 Å². The Morgan fingerprint density at radius 1 is 1.08 bits per heavy atom. The van der Waals surface area contributed by atoms with Crippen LogP contribution in [0.25, 0.3) is 22.0 Å². The van der Waals surface area contributed by atoms with Crippen molar-refractivity contribution < 1.29 is 19.0 Å². The number of carbonyl (C=O) groups is 1. The fourth-order valence-corrected chi connectivity index (χ4v) is 2.93. The third kappa shape index (κ3) is 3.73. The predicted molar refractivity (Wildman–Crippen MR) is 101 cm³/mol. The molecular formula is C20H18ClNO4. The standard InChI is InChI=1S/C20H18ClNO4/c1-12(23)26-11-16-8-14-9-18(24-2)19(25-3)10-17(14)20(22-16)13-5-4-6-15(21)7-13/h4-10H,11H2,1-3H3. The van der Waals surface area contributed by atoms with Gasteiger partial charge in [0.1, 0.15) is 6.61 Å². The molecule has 3 rings (SSSR count). The van der Waals surface area contributed by atoms with E-state index in [1.165, 1.54) is 6.92 Å². The molecule has 0 aliphatic carbocycles. The molecule has 0 saturated carbocycles. The SMILES string of the molecule is COc1cc2cc(COC(C)=O)nc(-c3cccc(Cl)c3)c2cc1OC. The number of carbonyl (C=O) groups excluding carboxylic acids is 1. The van der Waals surface area contributed by atoms with E-state index in [1.54, 1.807) is 20.3 Å². The Morgan fingerprint density at radius 3 is 2.46 bits per heavy atom. The summed E-state index contributed by atoms with van der Waals surface area (Å²) < 4.78 is 15.9. The molecule has 0 atom stereocenters. The number of pyridine rings is 1. The maximum Gasteiger partial charge on any atom is 0.303 e. The lowest BCUT2D eigenvalue weighted by atomic mass is 10.0. The lowest BCUT2D eigenvalue weighted by molar-refractivity contribution is -0.142. The predicted octanol–water partition coefficient (Wildman–Crippen LogP) is 4.64. The largest absolute Gasteiger partial charge is 0.493 e. The zero-order chi connectivity index (χ0) is 18.7. The van der Waals surface area contributed by atoms with Gasteiger partial charge in [0.15, 0.2) is 11.5 Å². The first kappa shape index (κ1) is 18.0. The molecule has 0 radical (unpaired) electrons. The average molecular weight is 372 g/mol. The Bertz CT molecular complexity index is 971. The molecular weight excluding hydrogens is 354 g/mol. The average Bonchev–Trinajstić information content (AvgIpc) is 2.64. The van der Waals surface area contributed by atoms with Crippen molar-refractivity contribution in [3.8, 4) is 22.8 Å². The fraction of sp³-hybridized carbons (Fsp3) is 0.200. The Labute approximate surface area is 156 Å². The van der Waals surface area contributed by atoms with Gasteiger partial charge in [0, 0.05) is 22.9 Å². The highest BCUT2D eigenvalue weighted by Gasteiger charge is 2.14. The van der Waals surface area contributed by atoms with Crippen molar-refractivity contribution in [3.63, 3.8) is 0 Å². The Morgan fingerprint density at radius 2 is 1.81 bits per heavy atom. The van der Waals surface area contributed by atoms with E-state index in [0.29, 0.717) is 22.2 Å². The highest BCUT2D eigenvalue weighted by Crippen LogP contribution is 2.37. The van der Waals surface area contributed by atoms with Crippen LogP contribution in [0.3, 0.4) is 0 Å². The molecule has 6 heteroatoms. The Hall–Kier alpha value is -2.79. The van der Waals surface area contributed by atoms with Crippen molar-refractivity contribution in [1.82, 2.24) is 4.98 Å². The van der Waals surface area contributed by atoms with Gasteiger partial charge >= 0.3 is 5.97 Å². The third-order valence-electron chi connectivity index (χ3n) is 3.91. The molecule has 1 aromatic heterocycles. The minimum atomic E-state index is -0.358. The summed E-state index contributed by atoms with van der Waals surface area (Å²) in [7, 11) is 3.17. The van der Waals surface area contributed by atoms with Gasteiger partial charge in [0.2, 0.25) is 0 Å². The second-order valence-corrected chi connectivity index (χ2v) is 6.12. The number of ether oxygens (including phenoxy) is 3. The quantitative estimate of drug-likeness (QED) is 0.612. The number of aromatic nitrogens is 1. The zero-order valence-corrected chi connectivity index (χ0v) is 15.5. The van der Waals surface area contributed by atoms with Crippen LogP contribution < -0.4 is 9.47 Å². The van der Waals surface area contributed by atoms with E-state index >= 15 is 0 Å². The molecule has 0 aliphatic heterocycles. The molecule has 2 aromatic carbocycles. The molecule has 3 aromatic rings. The van der Waals surface area contributed by atoms with Crippen molar-refractivity contribution in [3.05, 3.63) is 53.2 Å². The van der Waals surface area contributed by atoms with Crippen molar-refractivity contribution in [2.24, 2.45) is 0 Å². The fourth-order valence-electron chi connectivity index (χ4n) is 2.74. The van der Waals surface area contributed by atoms with Gasteiger partial charge in [0.25, 0.3) is 0 Å². The van der Waals surface area contributed by atoms with Gasteiger partial charge in [-0.2, -0.15) is 0 Å². The first-order chi connectivity index (χ1) is 12.5. The minimum absolute atomic E-state index is 0.0905. The number of fused-ring (bicyclic) bond motifs is 1. The Kier molecular flexibility index (Phi) is 5.28. The Balaban J connectivity index is 2.25. The van der Waals surface area contributed by atoms with Gasteiger partial charge in [-0.3, -0.25) is 4.79 Å². The third-order valence-corrected chi connectivity index (χ3v) is 4.14. The van der Waals surface area contributed by atoms with Crippen LogP contribution in [-0.2, 0) is 16.1 Å². The molecule has 0 unspecified atom stereocenters. The summed E-state index contributed by atoms with van der Waals surface area (Å²) in [5, 5.41) is 2.40. The van der Waals surface area contributed by atoms with Crippen molar-refractivity contribution in [2.75, 3.05) is 14.2 Å². The molecule has 0 fully saturated rings. The zero-order valence-electron chi connectivity index (χ0n) is 14.7. The second-order valence-electron chi connectivity index (χ2n) is 5.68. The number of esters is 1. The van der Waals surface area contributed by atoms with Crippen LogP contribution in [0, 0.1) is 0 Å². The maximum atomic E-state index is 11.2. The van der Waals surface area contributed by atoms with Crippen molar-refractivity contribution >= 4 is 28.3 Å². The first-order valence-electron chi connectivity index (χ1n) is 7.96. The molecule has 0 N–H and O–H groups in total. The topological polar surface area (TPSA) is 57.7 Å². The van der Waals surface area contributed by atoms with Crippen LogP contribution in [0.4, 0.5) is 0 Å². The van der Waals surface area contributed by atoms with Gasteiger partial charge in [-0.1, -0.05) is 23.7 Å². The lowest BCUT2D eigenvalue weighted by Gasteiger charge is -2.14. The number of benzene rings is 2. The lowest BCUT2D eigenvalue weighted by Crippen LogP contribution is -2.02. The van der Waals surface area contributed by atoms with Gasteiger partial charge in [-0.25, -0.2) is 4.98 Å². The van der Waals surface area contributed by atoms with Crippen LogP contribution in [0.1, 0.15) is 12.6 Å². The van der Waals surface area contributed by atoms with E-state index in [0.717, 1.165) is 22.0 Å². The number of hydrogen-bond acceptors (Lipinski definition) is 5. The summed E-state index contributed by atoms with van der Waals surface area (Å²) in [5.41, 5.74) is 2.22. The molecule has 26 heavy (non-hydrogen) atoms. The summed E-state index contributed by atoms with van der Waals surface area (Å²) in [6.07, 6.45) is 0. The normalized spacial score (nSPS) is 10.6. The molecule has 0 spiro atoms. The summed E-state index contributed by atoms with van der Waals surface area (Å²) in [6, 6.07) is 13.1. The van der Waals surface area contributed by atoms with Crippen LogP contribution >= 0.6 is 11.6 Å². The number of halogens is 1. The highest BCUT2D eigenvalue weighted by molar-refractivity contribution is 6.30. The smallest absolute Gasteiger partial charge is 0.303 e. The molecule has 0 saturated heterocycles. The minimum Gasteiger partial charge on any atom is -0.493 e. The summed E-state index contributed by atoms with van der Waals surface area (Å²) >= 11 is 6.15. The van der Waals surface area contributed by atoms with E-state index in [2.05, 4.69) is 4.98 Å². The van der Waals surface area contributed by atoms with Crippen LogP contribution in [0.5, 0.6) is 11.5 Å². The van der Waals surface area contributed by atoms with E-state index in [4.69, 9.17) is 25.8 Å². The van der Waals surface area contributed by atoms with Gasteiger partial charge in [0.05, 0.1) is 25.6 Å². The molecule has 0 amide bonds. The van der Waals surface area contributed by atoms with E-state index in [-0.39, 0.29) is 12.6 Å². The number of hydrogen-bond donors (Lipinski definition) is 0. The number of rotatable bonds is 5. The van der Waals surface area contributed by atoms with Crippen molar-refractivity contribution in [2.45, 2.75) is 13.5 Å². The van der Waals surface area contributed by atoms with Crippen molar-refractivity contribution in [1.29, 1.82) is 0 Å². The molecule has 134 valence electrons. The summed E-state index contributed by atoms with van der Waals surface area (Å²) in [5.74, 6) is 0.864. The highest BCUT2D eigenvalue weighted by atomic mass is 35.5. The summed E-state index contributed by atoms with van der Waals surface area (Å²) in [6.45, 7) is 1.46. The maximum absolute atomic E-state index is 11.2. The molecule has 5 nitrogen and oxygen atoms in total. The molecule has 0 bridgehead atoms. The monoisotopic (exact) mass is 371 g/mol. The first-order valence-corrected chi connectivity index (χ1v) is 8.34. The van der Waals surface area contributed by atoms with Crippen LogP contribution in [0.15, 0.2) is 42.5 Å². The van der Waals surface area contributed by atoms with E-state index < -0.39 is 0 Å². The summed E-state index contributed by atoms with van der Waals surface area (Å²) in [4.78, 5) is 15.8. The van der Waals surface area contributed by atoms with E-state index in [9.17, 15) is 4.79 Å². The van der Waals surface area contributed by atoms with Gasteiger partial charge in [-0.15, -0.1) is 0 Å². The van der Waals surface area contributed by atoms with Gasteiger partial charge in [-0.05, 0) is 35.7 Å². The second kappa shape index (κ2) is 7.62. The molecule has 0 aliphatic rings. The molecule has 1 heterocycles. The van der Waals surface area contributed by atoms with Crippen LogP contribution in [-0.4, -0.2) is 25.2 Å². The number of nitrogens with zero attached hydrogens (tertiary/aromatic N) is 1. The number of methoxy groups -OCH3 is 2.